The molecule has 0 radical (unpaired) electrons. The maximum Gasteiger partial charge on any atom is 0.207 e. The predicted molar refractivity (Wildman–Crippen MR) is 121 cm³/mol. The predicted octanol–water partition coefficient (Wildman–Crippen LogP) is 6.19. The third-order valence-corrected chi connectivity index (χ3v) is 6.09. The molecule has 2 aliphatic heterocycles. The minimum Gasteiger partial charge on any atom is -0.361 e. The van der Waals surface area contributed by atoms with E-state index in [0.29, 0.717) is 6.73 Å². The molecule has 1 aromatic carbocycles. The molecule has 4 nitrogen and oxygen atoms in total. The van der Waals surface area contributed by atoms with Gasteiger partial charge in [0, 0.05) is 13.2 Å². The minimum absolute atomic E-state index is 0.613. The highest BCUT2D eigenvalue weighted by Gasteiger charge is 2.35. The molecular formula is C24H39N3O. The minimum atomic E-state index is 0.613. The summed E-state index contributed by atoms with van der Waals surface area (Å²) in [5.74, 6) is 1.07. The number of anilines is 2. The summed E-state index contributed by atoms with van der Waals surface area (Å²) in [7, 11) is 0. The first-order valence-electron chi connectivity index (χ1n) is 11.5. The molecule has 0 bridgehead atoms. The van der Waals surface area contributed by atoms with E-state index in [9.17, 15) is 0 Å². The number of aryl methyl sites for hydroxylation is 2. The number of rotatable bonds is 13. The number of hydrogen-bond acceptors (Lipinski definition) is 4. The van der Waals surface area contributed by atoms with Crippen LogP contribution in [0.15, 0.2) is 17.1 Å². The van der Waals surface area contributed by atoms with Crippen LogP contribution in [0.4, 0.5) is 11.4 Å². The van der Waals surface area contributed by atoms with E-state index in [-0.39, 0.29) is 0 Å². The van der Waals surface area contributed by atoms with Crippen LogP contribution in [0.3, 0.4) is 0 Å². The summed E-state index contributed by atoms with van der Waals surface area (Å²) >= 11 is 0. The van der Waals surface area contributed by atoms with Crippen molar-refractivity contribution in [2.75, 3.05) is 36.2 Å². The molecule has 0 N–H and O–H groups in total. The van der Waals surface area contributed by atoms with Crippen molar-refractivity contribution in [2.45, 2.75) is 85.0 Å². The summed E-state index contributed by atoms with van der Waals surface area (Å²) in [6.07, 6.45) is 13.6. The van der Waals surface area contributed by atoms with E-state index in [2.05, 4.69) is 42.7 Å². The maximum absolute atomic E-state index is 6.04. The van der Waals surface area contributed by atoms with E-state index in [0.717, 1.165) is 25.7 Å². The van der Waals surface area contributed by atoms with E-state index in [1.54, 1.807) is 0 Å². The van der Waals surface area contributed by atoms with Crippen LogP contribution in [0.25, 0.3) is 0 Å². The normalized spacial score (nSPS) is 15.2. The highest BCUT2D eigenvalue weighted by molar-refractivity contribution is 6.17. The molecule has 0 unspecified atom stereocenters. The Hall–Kier alpha value is -1.55. The van der Waals surface area contributed by atoms with E-state index in [1.807, 2.05) is 0 Å². The monoisotopic (exact) mass is 385 g/mol. The topological polar surface area (TPSA) is 28.1 Å². The molecule has 3 rings (SSSR count). The summed E-state index contributed by atoms with van der Waals surface area (Å²) in [4.78, 5) is 9.31. The lowest BCUT2D eigenvalue weighted by atomic mass is 10.1. The molecule has 156 valence electrons. The zero-order valence-corrected chi connectivity index (χ0v) is 18.3. The quantitative estimate of drug-likeness (QED) is 0.379. The molecule has 0 saturated heterocycles. The van der Waals surface area contributed by atoms with Crippen molar-refractivity contribution >= 4 is 17.3 Å². The Morgan fingerprint density at radius 1 is 0.857 bits per heavy atom. The Bertz CT molecular complexity index is 655. The average Bonchev–Trinajstić information content (AvgIpc) is 3.26. The SMILES string of the molecule is CCCCCCCCCCCCOCN1C2=NCCN2c2cc(C)c(C)cc21. The fourth-order valence-electron chi connectivity index (χ4n) is 4.20. The lowest BCUT2D eigenvalue weighted by Crippen LogP contribution is -2.36. The molecule has 0 aliphatic carbocycles. The number of hydrogen-bond donors (Lipinski definition) is 0. The number of benzene rings is 1. The van der Waals surface area contributed by atoms with Gasteiger partial charge in [-0.15, -0.1) is 0 Å². The molecule has 2 heterocycles. The van der Waals surface area contributed by atoms with Crippen molar-refractivity contribution in [3.63, 3.8) is 0 Å². The molecule has 1 aromatic rings. The molecule has 0 aromatic heterocycles. The van der Waals surface area contributed by atoms with E-state index >= 15 is 0 Å². The van der Waals surface area contributed by atoms with Crippen LogP contribution in [0, 0.1) is 13.8 Å². The molecule has 0 saturated carbocycles. The highest BCUT2D eigenvalue weighted by Crippen LogP contribution is 2.40. The third kappa shape index (κ3) is 5.28. The van der Waals surface area contributed by atoms with Crippen molar-refractivity contribution < 1.29 is 4.74 Å². The summed E-state index contributed by atoms with van der Waals surface area (Å²) < 4.78 is 6.04. The van der Waals surface area contributed by atoms with Crippen LogP contribution in [0.5, 0.6) is 0 Å². The van der Waals surface area contributed by atoms with Crippen LogP contribution < -0.4 is 9.80 Å². The molecular weight excluding hydrogens is 346 g/mol. The van der Waals surface area contributed by atoms with Gasteiger partial charge in [0.1, 0.15) is 6.73 Å². The van der Waals surface area contributed by atoms with Crippen molar-refractivity contribution in [3.8, 4) is 0 Å². The first kappa shape index (κ1) is 21.2. The van der Waals surface area contributed by atoms with Gasteiger partial charge in [-0.1, -0.05) is 64.7 Å². The van der Waals surface area contributed by atoms with Crippen molar-refractivity contribution in [1.82, 2.24) is 0 Å². The molecule has 0 atom stereocenters. The van der Waals surface area contributed by atoms with E-state index in [4.69, 9.17) is 9.73 Å². The standard InChI is InChI=1S/C24H39N3O/c1-4-5-6-7-8-9-10-11-12-13-16-28-19-27-23-18-21(3)20(2)17-22(23)26-15-14-25-24(26)27/h17-18H,4-16,19H2,1-3H3. The van der Waals surface area contributed by atoms with Crippen LogP contribution in [0.1, 0.15) is 82.3 Å². The van der Waals surface area contributed by atoms with Gasteiger partial charge in [-0.2, -0.15) is 0 Å². The Balaban J connectivity index is 1.33. The Morgan fingerprint density at radius 2 is 1.46 bits per heavy atom. The maximum atomic E-state index is 6.04. The second kappa shape index (κ2) is 10.8. The van der Waals surface area contributed by atoms with E-state index in [1.165, 1.54) is 86.7 Å². The summed E-state index contributed by atoms with van der Waals surface area (Å²) in [6.45, 7) is 9.99. The molecule has 0 spiro atoms. The van der Waals surface area contributed by atoms with Gasteiger partial charge in [-0.3, -0.25) is 9.89 Å². The van der Waals surface area contributed by atoms with Gasteiger partial charge in [0.25, 0.3) is 0 Å². The lowest BCUT2D eigenvalue weighted by molar-refractivity contribution is 0.137. The number of aliphatic imine (C=N–C) groups is 1. The second-order valence-corrected chi connectivity index (χ2v) is 8.41. The fraction of sp³-hybridized carbons (Fsp3) is 0.708. The summed E-state index contributed by atoms with van der Waals surface area (Å²) in [6, 6.07) is 4.59. The third-order valence-electron chi connectivity index (χ3n) is 6.09. The van der Waals surface area contributed by atoms with Gasteiger partial charge in [0.05, 0.1) is 17.9 Å². The molecule has 0 fully saturated rings. The number of ether oxygens (including phenoxy) is 1. The van der Waals surface area contributed by atoms with Crippen LogP contribution in [0.2, 0.25) is 0 Å². The summed E-state index contributed by atoms with van der Waals surface area (Å²) in [5, 5.41) is 0. The zero-order chi connectivity index (χ0) is 19.8. The molecule has 0 amide bonds. The van der Waals surface area contributed by atoms with Gasteiger partial charge in [0.15, 0.2) is 0 Å². The van der Waals surface area contributed by atoms with Crippen LogP contribution >= 0.6 is 0 Å². The number of unbranched alkanes of at least 4 members (excludes halogenated alkanes) is 9. The lowest BCUT2D eigenvalue weighted by Gasteiger charge is -2.19. The largest absolute Gasteiger partial charge is 0.361 e. The molecule has 2 aliphatic rings. The van der Waals surface area contributed by atoms with E-state index < -0.39 is 0 Å². The average molecular weight is 386 g/mol. The summed E-state index contributed by atoms with van der Waals surface area (Å²) in [5.41, 5.74) is 5.23. The number of fused-ring (bicyclic) bond motifs is 3. The second-order valence-electron chi connectivity index (χ2n) is 8.41. The molecule has 28 heavy (non-hydrogen) atoms. The number of guanidine groups is 1. The Morgan fingerprint density at radius 3 is 2.14 bits per heavy atom. The van der Waals surface area contributed by atoms with Gasteiger partial charge >= 0.3 is 0 Å². The highest BCUT2D eigenvalue weighted by atomic mass is 16.5. The first-order valence-corrected chi connectivity index (χ1v) is 11.5. The zero-order valence-electron chi connectivity index (χ0n) is 18.3. The number of nitrogens with zero attached hydrogens (tertiary/aromatic N) is 3. The first-order chi connectivity index (χ1) is 13.7. The fourth-order valence-corrected chi connectivity index (χ4v) is 4.20. The van der Waals surface area contributed by atoms with Crippen LogP contribution in [-0.2, 0) is 4.74 Å². The Labute approximate surface area is 172 Å². The van der Waals surface area contributed by atoms with Crippen molar-refractivity contribution in [2.24, 2.45) is 4.99 Å². The van der Waals surface area contributed by atoms with Crippen molar-refractivity contribution in [1.29, 1.82) is 0 Å². The van der Waals surface area contributed by atoms with Gasteiger partial charge in [0.2, 0.25) is 5.96 Å². The van der Waals surface area contributed by atoms with Crippen LogP contribution in [-0.4, -0.2) is 32.4 Å². The van der Waals surface area contributed by atoms with Crippen molar-refractivity contribution in [3.05, 3.63) is 23.3 Å². The van der Waals surface area contributed by atoms with Gasteiger partial charge < -0.3 is 9.64 Å². The molecule has 4 heteroatoms. The smallest absolute Gasteiger partial charge is 0.207 e. The van der Waals surface area contributed by atoms with Gasteiger partial charge in [-0.05, 0) is 43.5 Å². The Kier molecular flexibility index (Phi) is 8.20. The van der Waals surface area contributed by atoms with Gasteiger partial charge in [-0.25, -0.2) is 0 Å².